The number of thioether (sulfide) groups is 1. The van der Waals surface area contributed by atoms with Crippen molar-refractivity contribution in [1.29, 1.82) is 0 Å². The standard InChI is InChI=1S/C14H15Br2NS2/c1-17-11(8-13-6-7-14(16)19-13)9-18-12-4-2-10(15)3-5-12/h2-7,11,17H,8-9H2,1H3. The van der Waals surface area contributed by atoms with Crippen molar-refractivity contribution in [2.75, 3.05) is 12.8 Å². The first-order chi connectivity index (χ1) is 9.17. The third-order valence-corrected chi connectivity index (χ3v) is 6.10. The van der Waals surface area contributed by atoms with Gasteiger partial charge in [-0.05, 0) is 65.8 Å². The number of hydrogen-bond acceptors (Lipinski definition) is 3. The van der Waals surface area contributed by atoms with Gasteiger partial charge in [0.2, 0.25) is 0 Å². The molecule has 102 valence electrons. The molecule has 2 aromatic rings. The summed E-state index contributed by atoms with van der Waals surface area (Å²) in [6, 6.07) is 13.3. The Hall–Kier alpha value is 0.190. The fourth-order valence-electron chi connectivity index (χ4n) is 1.68. The average Bonchev–Trinajstić information content (AvgIpc) is 2.82. The zero-order valence-corrected chi connectivity index (χ0v) is 15.3. The van der Waals surface area contributed by atoms with Gasteiger partial charge in [-0.2, -0.15) is 0 Å². The van der Waals surface area contributed by atoms with Crippen molar-refractivity contribution in [3.05, 3.63) is 49.5 Å². The van der Waals surface area contributed by atoms with E-state index in [1.165, 1.54) is 13.6 Å². The maximum Gasteiger partial charge on any atom is 0.0701 e. The molecule has 2 rings (SSSR count). The number of likely N-dealkylation sites (N-methyl/N-ethyl adjacent to an activating group) is 1. The summed E-state index contributed by atoms with van der Waals surface area (Å²) in [6.45, 7) is 0. The van der Waals surface area contributed by atoms with Crippen LogP contribution in [-0.4, -0.2) is 18.8 Å². The third-order valence-electron chi connectivity index (χ3n) is 2.75. The second-order valence-electron chi connectivity index (χ2n) is 4.16. The zero-order valence-electron chi connectivity index (χ0n) is 10.5. The molecule has 0 fully saturated rings. The lowest BCUT2D eigenvalue weighted by molar-refractivity contribution is 0.622. The summed E-state index contributed by atoms with van der Waals surface area (Å²) in [7, 11) is 2.04. The van der Waals surface area contributed by atoms with Gasteiger partial charge in [0.05, 0.1) is 3.79 Å². The Bertz CT molecular complexity index is 510. The summed E-state index contributed by atoms with van der Waals surface area (Å²) in [5, 5.41) is 3.40. The molecular formula is C14H15Br2NS2. The van der Waals surface area contributed by atoms with Crippen molar-refractivity contribution in [2.24, 2.45) is 0 Å². The van der Waals surface area contributed by atoms with Gasteiger partial charge in [-0.3, -0.25) is 0 Å². The quantitative estimate of drug-likeness (QED) is 0.644. The molecule has 5 heteroatoms. The summed E-state index contributed by atoms with van der Waals surface area (Å²) in [6.07, 6.45) is 1.08. The lowest BCUT2D eigenvalue weighted by atomic mass is 10.2. The van der Waals surface area contributed by atoms with Crippen molar-refractivity contribution < 1.29 is 0 Å². The van der Waals surface area contributed by atoms with Crippen molar-refractivity contribution in [1.82, 2.24) is 5.32 Å². The number of rotatable bonds is 6. The smallest absolute Gasteiger partial charge is 0.0701 e. The van der Waals surface area contributed by atoms with Crippen LogP contribution >= 0.6 is 55.0 Å². The Kier molecular flexibility index (Phi) is 6.42. The number of hydrogen-bond donors (Lipinski definition) is 1. The molecular weight excluding hydrogens is 406 g/mol. The first-order valence-corrected chi connectivity index (χ1v) is 9.36. The normalized spacial score (nSPS) is 12.6. The molecule has 1 heterocycles. The van der Waals surface area contributed by atoms with Gasteiger partial charge < -0.3 is 5.32 Å². The van der Waals surface area contributed by atoms with E-state index in [0.717, 1.165) is 16.6 Å². The highest BCUT2D eigenvalue weighted by Gasteiger charge is 2.09. The third kappa shape index (κ3) is 5.23. The average molecular weight is 421 g/mol. The highest BCUT2D eigenvalue weighted by atomic mass is 79.9. The molecule has 1 atom stereocenters. The number of halogens is 2. The zero-order chi connectivity index (χ0) is 13.7. The van der Waals surface area contributed by atoms with Crippen LogP contribution in [0.4, 0.5) is 0 Å². The number of benzene rings is 1. The van der Waals surface area contributed by atoms with Crippen molar-refractivity contribution in [2.45, 2.75) is 17.4 Å². The summed E-state index contributed by atoms with van der Waals surface area (Å²) in [4.78, 5) is 2.73. The predicted octanol–water partition coefficient (Wildman–Crippen LogP) is 5.20. The van der Waals surface area contributed by atoms with E-state index < -0.39 is 0 Å². The minimum Gasteiger partial charge on any atom is -0.316 e. The molecule has 1 aromatic carbocycles. The van der Waals surface area contributed by atoms with E-state index in [2.05, 4.69) is 73.6 Å². The molecule has 0 saturated carbocycles. The lowest BCUT2D eigenvalue weighted by Crippen LogP contribution is -2.29. The lowest BCUT2D eigenvalue weighted by Gasteiger charge is -2.14. The number of thiophene rings is 1. The maximum atomic E-state index is 3.51. The van der Waals surface area contributed by atoms with E-state index in [4.69, 9.17) is 0 Å². The SMILES string of the molecule is CNC(CSc1ccc(Br)cc1)Cc1ccc(Br)s1. The Morgan fingerprint density at radius 2 is 1.89 bits per heavy atom. The molecule has 1 aromatic heterocycles. The van der Waals surface area contributed by atoms with Crippen molar-refractivity contribution in [3.63, 3.8) is 0 Å². The van der Waals surface area contributed by atoms with Crippen LogP contribution in [0.3, 0.4) is 0 Å². The Morgan fingerprint density at radius 3 is 2.47 bits per heavy atom. The molecule has 0 amide bonds. The van der Waals surface area contributed by atoms with Gasteiger partial charge in [0, 0.05) is 26.0 Å². The predicted molar refractivity (Wildman–Crippen MR) is 93.4 cm³/mol. The molecule has 1 N–H and O–H groups in total. The molecule has 0 aliphatic carbocycles. The summed E-state index contributed by atoms with van der Waals surface area (Å²) < 4.78 is 2.34. The molecule has 1 unspecified atom stereocenters. The van der Waals surface area contributed by atoms with Crippen LogP contribution in [-0.2, 0) is 6.42 Å². The first-order valence-electron chi connectivity index (χ1n) is 5.97. The minimum atomic E-state index is 0.499. The molecule has 0 aliphatic rings. The fourth-order valence-corrected chi connectivity index (χ4v) is 4.51. The van der Waals surface area contributed by atoms with Gasteiger partial charge in [-0.25, -0.2) is 0 Å². The van der Waals surface area contributed by atoms with Crippen LogP contribution in [0.1, 0.15) is 4.88 Å². The van der Waals surface area contributed by atoms with E-state index in [1.807, 2.05) is 30.1 Å². The Morgan fingerprint density at radius 1 is 1.16 bits per heavy atom. The highest BCUT2D eigenvalue weighted by molar-refractivity contribution is 9.11. The number of nitrogens with one attached hydrogen (secondary N) is 1. The summed E-state index contributed by atoms with van der Waals surface area (Å²) in [5.41, 5.74) is 0. The van der Waals surface area contributed by atoms with Crippen LogP contribution < -0.4 is 5.32 Å². The monoisotopic (exact) mass is 419 g/mol. The molecule has 0 saturated heterocycles. The van der Waals surface area contributed by atoms with E-state index in [-0.39, 0.29) is 0 Å². The largest absolute Gasteiger partial charge is 0.316 e. The second kappa shape index (κ2) is 7.84. The van der Waals surface area contributed by atoms with Crippen LogP contribution in [0.2, 0.25) is 0 Å². The molecule has 19 heavy (non-hydrogen) atoms. The van der Waals surface area contributed by atoms with Crippen LogP contribution in [0.15, 0.2) is 49.6 Å². The van der Waals surface area contributed by atoms with Gasteiger partial charge in [0.25, 0.3) is 0 Å². The highest BCUT2D eigenvalue weighted by Crippen LogP contribution is 2.25. The second-order valence-corrected chi connectivity index (χ2v) is 8.72. The van der Waals surface area contributed by atoms with Crippen LogP contribution in [0.25, 0.3) is 0 Å². The molecule has 0 bridgehead atoms. The van der Waals surface area contributed by atoms with Crippen molar-refractivity contribution >= 4 is 55.0 Å². The maximum absolute atomic E-state index is 3.51. The fraction of sp³-hybridized carbons (Fsp3) is 0.286. The van der Waals surface area contributed by atoms with Gasteiger partial charge in [0.1, 0.15) is 0 Å². The molecule has 1 nitrogen and oxygen atoms in total. The first kappa shape index (κ1) is 15.6. The van der Waals surface area contributed by atoms with E-state index >= 15 is 0 Å². The van der Waals surface area contributed by atoms with E-state index in [1.54, 1.807) is 0 Å². The topological polar surface area (TPSA) is 12.0 Å². The Labute approximate surface area is 139 Å². The Balaban J connectivity index is 1.87. The van der Waals surface area contributed by atoms with Gasteiger partial charge in [-0.1, -0.05) is 15.9 Å². The van der Waals surface area contributed by atoms with Crippen LogP contribution in [0, 0.1) is 0 Å². The van der Waals surface area contributed by atoms with Crippen molar-refractivity contribution in [3.8, 4) is 0 Å². The summed E-state index contributed by atoms with van der Waals surface area (Å²) in [5.74, 6) is 1.08. The minimum absolute atomic E-state index is 0.499. The van der Waals surface area contributed by atoms with Gasteiger partial charge in [0.15, 0.2) is 0 Å². The molecule has 0 radical (unpaired) electrons. The van der Waals surface area contributed by atoms with E-state index in [0.29, 0.717) is 6.04 Å². The molecule has 0 spiro atoms. The molecule has 0 aliphatic heterocycles. The van der Waals surface area contributed by atoms with Gasteiger partial charge >= 0.3 is 0 Å². The summed E-state index contributed by atoms with van der Waals surface area (Å²) >= 11 is 10.7. The van der Waals surface area contributed by atoms with Gasteiger partial charge in [-0.15, -0.1) is 23.1 Å². The van der Waals surface area contributed by atoms with E-state index in [9.17, 15) is 0 Å². The van der Waals surface area contributed by atoms with Crippen LogP contribution in [0.5, 0.6) is 0 Å².